The summed E-state index contributed by atoms with van der Waals surface area (Å²) in [5.74, 6) is 0.271. The van der Waals surface area contributed by atoms with Gasteiger partial charge < -0.3 is 10.2 Å². The maximum Gasteiger partial charge on any atom is 0.116 e. The molecule has 0 bridgehead atoms. The standard InChI is InChI=1S/C9H11ClO2S/c10-6-3-4-13-9(6)8(12)7(11)5-1-2-5/h3-5,7-8,11-12H,1-2H2. The summed E-state index contributed by atoms with van der Waals surface area (Å²) in [4.78, 5) is 0.682. The van der Waals surface area contributed by atoms with Gasteiger partial charge in [-0.15, -0.1) is 11.3 Å². The van der Waals surface area contributed by atoms with Crippen molar-refractivity contribution in [2.45, 2.75) is 25.0 Å². The molecule has 1 aromatic rings. The SMILES string of the molecule is OC(c1sccc1Cl)C(O)C1CC1. The molecule has 2 unspecified atom stereocenters. The highest BCUT2D eigenvalue weighted by Gasteiger charge is 2.36. The van der Waals surface area contributed by atoms with Crippen LogP contribution in [0.15, 0.2) is 11.4 Å². The zero-order chi connectivity index (χ0) is 9.42. The van der Waals surface area contributed by atoms with Crippen LogP contribution in [0.3, 0.4) is 0 Å². The fourth-order valence-electron chi connectivity index (χ4n) is 1.37. The average Bonchev–Trinajstić information content (AvgIpc) is 2.87. The van der Waals surface area contributed by atoms with Crippen LogP contribution in [0.5, 0.6) is 0 Å². The summed E-state index contributed by atoms with van der Waals surface area (Å²) in [6.07, 6.45) is 0.582. The number of rotatable bonds is 3. The fourth-order valence-corrected chi connectivity index (χ4v) is 2.56. The van der Waals surface area contributed by atoms with E-state index in [1.165, 1.54) is 11.3 Å². The number of hydrogen-bond acceptors (Lipinski definition) is 3. The molecule has 2 rings (SSSR count). The van der Waals surface area contributed by atoms with Crippen LogP contribution in [0.25, 0.3) is 0 Å². The predicted octanol–water partition coefficient (Wildman–Crippen LogP) is 2.21. The van der Waals surface area contributed by atoms with Crippen LogP contribution in [0.4, 0.5) is 0 Å². The van der Waals surface area contributed by atoms with Crippen molar-refractivity contribution in [2.75, 3.05) is 0 Å². The van der Waals surface area contributed by atoms with Gasteiger partial charge in [0.15, 0.2) is 0 Å². The second-order valence-electron chi connectivity index (χ2n) is 3.41. The van der Waals surface area contributed by atoms with E-state index in [-0.39, 0.29) is 5.92 Å². The van der Waals surface area contributed by atoms with E-state index in [0.29, 0.717) is 9.90 Å². The minimum atomic E-state index is -0.806. The molecule has 1 saturated carbocycles. The molecule has 2 nitrogen and oxygen atoms in total. The maximum atomic E-state index is 9.75. The van der Waals surface area contributed by atoms with Crippen LogP contribution in [0, 0.1) is 5.92 Å². The second-order valence-corrected chi connectivity index (χ2v) is 4.76. The Morgan fingerprint density at radius 1 is 1.46 bits per heavy atom. The van der Waals surface area contributed by atoms with Crippen molar-refractivity contribution in [1.29, 1.82) is 0 Å². The molecule has 4 heteroatoms. The number of aliphatic hydroxyl groups excluding tert-OH is 2. The Hall–Kier alpha value is -0.0900. The lowest BCUT2D eigenvalue weighted by molar-refractivity contribution is 0.00697. The van der Waals surface area contributed by atoms with Gasteiger partial charge in [-0.1, -0.05) is 11.6 Å². The molecule has 0 aromatic carbocycles. The van der Waals surface area contributed by atoms with Crippen LogP contribution >= 0.6 is 22.9 Å². The van der Waals surface area contributed by atoms with E-state index in [4.69, 9.17) is 11.6 Å². The van der Waals surface area contributed by atoms with Gasteiger partial charge in [0.05, 0.1) is 16.0 Å². The summed E-state index contributed by atoms with van der Waals surface area (Å²) in [7, 11) is 0. The normalized spacial score (nSPS) is 21.5. The van der Waals surface area contributed by atoms with E-state index in [0.717, 1.165) is 12.8 Å². The van der Waals surface area contributed by atoms with E-state index in [9.17, 15) is 10.2 Å². The third-order valence-electron chi connectivity index (χ3n) is 2.34. The molecule has 72 valence electrons. The molecule has 1 aliphatic rings. The zero-order valence-electron chi connectivity index (χ0n) is 6.98. The number of halogens is 1. The van der Waals surface area contributed by atoms with Crippen molar-refractivity contribution in [3.05, 3.63) is 21.3 Å². The molecule has 0 saturated heterocycles. The summed E-state index contributed by atoms with van der Waals surface area (Å²) in [6, 6.07) is 1.74. The van der Waals surface area contributed by atoms with Gasteiger partial charge in [-0.2, -0.15) is 0 Å². The topological polar surface area (TPSA) is 40.5 Å². The molecule has 0 radical (unpaired) electrons. The summed E-state index contributed by atoms with van der Waals surface area (Å²) in [5, 5.41) is 21.8. The van der Waals surface area contributed by atoms with Crippen LogP contribution in [0.1, 0.15) is 23.8 Å². The first kappa shape index (κ1) is 9.46. The van der Waals surface area contributed by atoms with Gasteiger partial charge in [-0.3, -0.25) is 0 Å². The summed E-state index contributed by atoms with van der Waals surface area (Å²) < 4.78 is 0. The van der Waals surface area contributed by atoms with Crippen molar-refractivity contribution in [2.24, 2.45) is 5.92 Å². The lowest BCUT2D eigenvalue weighted by atomic mass is 10.1. The Morgan fingerprint density at radius 2 is 2.15 bits per heavy atom. The number of hydrogen-bond donors (Lipinski definition) is 2. The molecule has 1 aromatic heterocycles. The van der Waals surface area contributed by atoms with Gasteiger partial charge in [0.2, 0.25) is 0 Å². The third kappa shape index (κ3) is 1.89. The monoisotopic (exact) mass is 218 g/mol. The molecule has 2 N–H and O–H groups in total. The average molecular weight is 219 g/mol. The molecule has 0 spiro atoms. The highest BCUT2D eigenvalue weighted by Crippen LogP contribution is 2.40. The third-order valence-corrected chi connectivity index (χ3v) is 3.77. The van der Waals surface area contributed by atoms with E-state index >= 15 is 0 Å². The fraction of sp³-hybridized carbons (Fsp3) is 0.556. The lowest BCUT2D eigenvalue weighted by Crippen LogP contribution is -2.19. The first-order valence-electron chi connectivity index (χ1n) is 4.29. The Balaban J connectivity index is 2.11. The Labute approximate surface area is 85.8 Å². The minimum Gasteiger partial charge on any atom is -0.390 e. The van der Waals surface area contributed by atoms with Crippen LogP contribution in [-0.2, 0) is 0 Å². The van der Waals surface area contributed by atoms with Crippen molar-refractivity contribution in [1.82, 2.24) is 0 Å². The highest BCUT2D eigenvalue weighted by molar-refractivity contribution is 7.10. The molecule has 1 aliphatic carbocycles. The smallest absolute Gasteiger partial charge is 0.116 e. The first-order valence-corrected chi connectivity index (χ1v) is 5.55. The minimum absolute atomic E-state index is 0.271. The Morgan fingerprint density at radius 3 is 2.62 bits per heavy atom. The van der Waals surface area contributed by atoms with Gasteiger partial charge >= 0.3 is 0 Å². The van der Waals surface area contributed by atoms with Crippen molar-refractivity contribution >= 4 is 22.9 Å². The van der Waals surface area contributed by atoms with Gasteiger partial charge in [0.1, 0.15) is 6.10 Å². The van der Waals surface area contributed by atoms with E-state index in [1.54, 1.807) is 6.07 Å². The quantitative estimate of drug-likeness (QED) is 0.817. The molecule has 13 heavy (non-hydrogen) atoms. The maximum absolute atomic E-state index is 9.75. The predicted molar refractivity (Wildman–Crippen MR) is 53.0 cm³/mol. The van der Waals surface area contributed by atoms with E-state index < -0.39 is 12.2 Å². The van der Waals surface area contributed by atoms with E-state index in [1.807, 2.05) is 5.38 Å². The van der Waals surface area contributed by atoms with Gasteiger partial charge in [0, 0.05) is 0 Å². The van der Waals surface area contributed by atoms with Crippen LogP contribution < -0.4 is 0 Å². The first-order chi connectivity index (χ1) is 6.20. The van der Waals surface area contributed by atoms with Gasteiger partial charge in [-0.05, 0) is 30.2 Å². The van der Waals surface area contributed by atoms with Crippen LogP contribution in [-0.4, -0.2) is 16.3 Å². The zero-order valence-corrected chi connectivity index (χ0v) is 8.55. The Bertz CT molecular complexity index is 296. The summed E-state index contributed by atoms with van der Waals surface area (Å²) in [5.41, 5.74) is 0. The van der Waals surface area contributed by atoms with Crippen molar-refractivity contribution < 1.29 is 10.2 Å². The van der Waals surface area contributed by atoms with Crippen molar-refractivity contribution in [3.63, 3.8) is 0 Å². The lowest BCUT2D eigenvalue weighted by Gasteiger charge is -2.15. The summed E-state index contributed by atoms with van der Waals surface area (Å²) in [6.45, 7) is 0. The van der Waals surface area contributed by atoms with E-state index in [2.05, 4.69) is 0 Å². The number of aliphatic hydroxyl groups is 2. The molecular formula is C9H11ClO2S. The molecular weight excluding hydrogens is 208 g/mol. The molecule has 2 atom stereocenters. The number of thiophene rings is 1. The van der Waals surface area contributed by atoms with Gasteiger partial charge in [-0.25, -0.2) is 0 Å². The molecule has 1 heterocycles. The highest BCUT2D eigenvalue weighted by atomic mass is 35.5. The summed E-state index contributed by atoms with van der Waals surface area (Å²) >= 11 is 7.23. The largest absolute Gasteiger partial charge is 0.390 e. The van der Waals surface area contributed by atoms with Crippen LogP contribution in [0.2, 0.25) is 5.02 Å². The molecule has 0 amide bonds. The van der Waals surface area contributed by atoms with Crippen molar-refractivity contribution in [3.8, 4) is 0 Å². The second kappa shape index (κ2) is 3.58. The molecule has 1 fully saturated rings. The Kier molecular flexibility index (Phi) is 2.60. The van der Waals surface area contributed by atoms with Gasteiger partial charge in [0.25, 0.3) is 0 Å². The molecule has 0 aliphatic heterocycles.